The summed E-state index contributed by atoms with van der Waals surface area (Å²) in [6, 6.07) is 6.68. The van der Waals surface area contributed by atoms with E-state index in [-0.39, 0.29) is 12.6 Å². The molecule has 1 aromatic heterocycles. The molecule has 1 saturated carbocycles. The zero-order valence-electron chi connectivity index (χ0n) is 17.5. The highest BCUT2D eigenvalue weighted by Gasteiger charge is 2.41. The van der Waals surface area contributed by atoms with Gasteiger partial charge in [-0.3, -0.25) is 0 Å². The zero-order valence-corrected chi connectivity index (χ0v) is 19.2. The van der Waals surface area contributed by atoms with E-state index in [1.54, 1.807) is 31.4 Å². The number of sulfonamides is 1. The summed E-state index contributed by atoms with van der Waals surface area (Å²) in [6.07, 6.45) is 2.19. The normalized spacial score (nSPS) is 15.5. The second-order valence-corrected chi connectivity index (χ2v) is 10.7. The summed E-state index contributed by atoms with van der Waals surface area (Å²) in [4.78, 5) is 8.67. The Morgan fingerprint density at radius 2 is 1.81 bits per heavy atom. The van der Waals surface area contributed by atoms with Crippen LogP contribution in [-0.2, 0) is 25.1 Å². The van der Waals surface area contributed by atoms with E-state index in [4.69, 9.17) is 9.57 Å². The van der Waals surface area contributed by atoms with Crippen molar-refractivity contribution < 1.29 is 26.4 Å². The first-order valence-electron chi connectivity index (χ1n) is 9.22. The molecule has 14 heteroatoms. The van der Waals surface area contributed by atoms with E-state index in [0.717, 1.165) is 10.6 Å². The third-order valence-electron chi connectivity index (χ3n) is 4.57. The summed E-state index contributed by atoms with van der Waals surface area (Å²) in [5.41, 5.74) is 1.03. The lowest BCUT2D eigenvalue weighted by Gasteiger charge is -2.21. The highest BCUT2D eigenvalue weighted by atomic mass is 32.2. The predicted molar refractivity (Wildman–Crippen MR) is 111 cm³/mol. The van der Waals surface area contributed by atoms with E-state index in [0.29, 0.717) is 34.0 Å². The second kappa shape index (κ2) is 8.90. The summed E-state index contributed by atoms with van der Waals surface area (Å²) in [6.45, 7) is -0.0951. The number of rotatable bonds is 10. The van der Waals surface area contributed by atoms with Gasteiger partial charge in [0.15, 0.2) is 0 Å². The van der Waals surface area contributed by atoms with Gasteiger partial charge < -0.3 is 9.57 Å². The number of hydrogen-bond donors (Lipinski definition) is 0. The van der Waals surface area contributed by atoms with Crippen LogP contribution in [0.15, 0.2) is 40.9 Å². The molecule has 1 fully saturated rings. The fourth-order valence-electron chi connectivity index (χ4n) is 2.72. The maximum absolute atomic E-state index is 13.3. The Morgan fingerprint density at radius 1 is 1.16 bits per heavy atom. The van der Waals surface area contributed by atoms with Crippen LogP contribution in [0.25, 0.3) is 0 Å². The Bertz CT molecular complexity index is 1150. The van der Waals surface area contributed by atoms with Gasteiger partial charge in [0, 0.05) is 25.7 Å². The predicted octanol–water partition coefficient (Wildman–Crippen LogP) is 0.145. The monoisotopic (exact) mass is 472 g/mol. The molecule has 170 valence electrons. The van der Waals surface area contributed by atoms with Gasteiger partial charge >= 0.3 is 10.2 Å². The van der Waals surface area contributed by atoms with E-state index in [1.807, 2.05) is 0 Å². The van der Waals surface area contributed by atoms with E-state index in [2.05, 4.69) is 15.2 Å². The largest absolute Gasteiger partial charge is 0.497 e. The first kappa shape index (κ1) is 23.1. The fourth-order valence-corrected chi connectivity index (χ4v) is 4.93. The molecule has 0 unspecified atom stereocenters. The van der Waals surface area contributed by atoms with Crippen molar-refractivity contribution >= 4 is 25.9 Å². The minimum atomic E-state index is -4.19. The van der Waals surface area contributed by atoms with Crippen molar-refractivity contribution in [3.05, 3.63) is 36.2 Å². The lowest BCUT2D eigenvalue weighted by atomic mass is 10.1. The van der Waals surface area contributed by atoms with Gasteiger partial charge in [-0.1, -0.05) is 5.16 Å². The number of ether oxygens (including phenoxy) is 1. The van der Waals surface area contributed by atoms with Crippen LogP contribution in [0.1, 0.15) is 18.4 Å². The molecule has 1 aliphatic carbocycles. The van der Waals surface area contributed by atoms with E-state index >= 15 is 0 Å². The number of hydrogen-bond acceptors (Lipinski definition) is 9. The van der Waals surface area contributed by atoms with Crippen LogP contribution in [0.5, 0.6) is 5.75 Å². The zero-order chi connectivity index (χ0) is 22.8. The molecule has 0 saturated heterocycles. The molecule has 0 N–H and O–H groups in total. The number of benzene rings is 1. The van der Waals surface area contributed by atoms with Crippen LogP contribution in [-0.4, -0.2) is 86.2 Å². The van der Waals surface area contributed by atoms with Crippen LogP contribution < -0.4 is 4.74 Å². The van der Waals surface area contributed by atoms with Crippen LogP contribution >= 0.6 is 0 Å². The number of oxime groups is 1. The first-order chi connectivity index (χ1) is 14.6. The minimum Gasteiger partial charge on any atom is -0.497 e. The van der Waals surface area contributed by atoms with Gasteiger partial charge in [0.25, 0.3) is 15.2 Å². The Morgan fingerprint density at radius 3 is 2.32 bits per heavy atom. The molecule has 2 aromatic rings. The third-order valence-corrected chi connectivity index (χ3v) is 7.84. The van der Waals surface area contributed by atoms with E-state index in [1.165, 1.54) is 25.5 Å². The molecular weight excluding hydrogens is 448 g/mol. The van der Waals surface area contributed by atoms with Crippen LogP contribution in [0.2, 0.25) is 0 Å². The Labute approximate surface area is 181 Å². The molecule has 0 aliphatic heterocycles. The van der Waals surface area contributed by atoms with Crippen molar-refractivity contribution in [2.24, 2.45) is 5.16 Å². The van der Waals surface area contributed by atoms with Crippen molar-refractivity contribution in [3.8, 4) is 5.75 Å². The number of aromatic nitrogens is 3. The molecule has 12 nitrogen and oxygen atoms in total. The Hall–Kier alpha value is -2.55. The number of nitrogens with zero attached hydrogens (tertiary/aromatic N) is 6. The van der Waals surface area contributed by atoms with Gasteiger partial charge in [-0.2, -0.15) is 17.0 Å². The molecule has 0 spiro atoms. The van der Waals surface area contributed by atoms with Crippen molar-refractivity contribution in [1.29, 1.82) is 0 Å². The van der Waals surface area contributed by atoms with E-state index < -0.39 is 25.4 Å². The van der Waals surface area contributed by atoms with E-state index in [9.17, 15) is 16.8 Å². The Kier molecular flexibility index (Phi) is 6.64. The molecule has 1 heterocycles. The lowest BCUT2D eigenvalue weighted by molar-refractivity contribution is 0.212. The van der Waals surface area contributed by atoms with Gasteiger partial charge in [-0.15, -0.1) is 9.19 Å². The van der Waals surface area contributed by atoms with Crippen LogP contribution in [0.3, 0.4) is 0 Å². The topological polar surface area (TPSA) is 136 Å². The molecule has 1 aliphatic rings. The third kappa shape index (κ3) is 4.87. The summed E-state index contributed by atoms with van der Waals surface area (Å²) in [7, 11) is -2.65. The summed E-state index contributed by atoms with van der Waals surface area (Å²) in [5.74, 6) is 0.643. The van der Waals surface area contributed by atoms with Gasteiger partial charge in [-0.25, -0.2) is 13.4 Å². The first-order valence-corrected chi connectivity index (χ1v) is 12.1. The van der Waals surface area contributed by atoms with Crippen LogP contribution in [0, 0.1) is 0 Å². The average Bonchev–Trinajstić information content (AvgIpc) is 3.43. The second-order valence-electron chi connectivity index (χ2n) is 6.92. The molecule has 1 aromatic carbocycles. The maximum atomic E-state index is 13.3. The van der Waals surface area contributed by atoms with Crippen molar-refractivity contribution in [1.82, 2.24) is 22.8 Å². The molecule has 0 atom stereocenters. The molecule has 0 amide bonds. The van der Waals surface area contributed by atoms with Gasteiger partial charge in [0.2, 0.25) is 0 Å². The highest BCUT2D eigenvalue weighted by molar-refractivity contribution is 7.89. The minimum absolute atomic E-state index is 0.0951. The molecule has 0 radical (unpaired) electrons. The molecular formula is C17H24N6O6S2. The van der Waals surface area contributed by atoms with Crippen molar-refractivity contribution in [2.75, 3.05) is 34.9 Å². The summed E-state index contributed by atoms with van der Waals surface area (Å²) in [5, 5.41) is 7.11. The Balaban J connectivity index is 1.94. The van der Waals surface area contributed by atoms with Crippen molar-refractivity contribution in [2.45, 2.75) is 24.0 Å². The SMILES string of the molecule is CO/N=C(\CN(C1CC1)S(=O)(=O)c1ncn(S(=O)(=O)N(C)C)n1)c1ccc(OC)cc1. The van der Waals surface area contributed by atoms with Crippen LogP contribution in [0.4, 0.5) is 0 Å². The lowest BCUT2D eigenvalue weighted by Crippen LogP contribution is -2.38. The fraction of sp³-hybridized carbons (Fsp3) is 0.471. The van der Waals surface area contributed by atoms with Gasteiger partial charge in [0.05, 0.1) is 13.7 Å². The molecule has 31 heavy (non-hydrogen) atoms. The molecule has 3 rings (SSSR count). The maximum Gasteiger partial charge on any atom is 0.323 e. The van der Waals surface area contributed by atoms with Crippen molar-refractivity contribution in [3.63, 3.8) is 0 Å². The average molecular weight is 473 g/mol. The highest BCUT2D eigenvalue weighted by Crippen LogP contribution is 2.31. The quantitative estimate of drug-likeness (QED) is 0.352. The summed E-state index contributed by atoms with van der Waals surface area (Å²) >= 11 is 0. The standard InChI is InChI=1S/C17H24N6O6S2/c1-21(2)31(26,27)23-12-18-17(19-23)30(24,25)22(14-7-8-14)11-16(20-29-4)13-5-9-15(28-3)10-6-13/h5-6,9-10,12,14H,7-8,11H2,1-4H3/b20-16+. The van der Waals surface area contributed by atoms with Gasteiger partial charge in [-0.05, 0) is 37.1 Å². The smallest absolute Gasteiger partial charge is 0.323 e. The number of methoxy groups -OCH3 is 1. The van der Waals surface area contributed by atoms with Gasteiger partial charge in [0.1, 0.15) is 24.9 Å². The summed E-state index contributed by atoms with van der Waals surface area (Å²) < 4.78 is 58.8. The molecule has 0 bridgehead atoms.